The number of hydrogen-bond acceptors (Lipinski definition) is 2. The van der Waals surface area contributed by atoms with E-state index in [4.69, 9.17) is 5.11 Å². The Morgan fingerprint density at radius 2 is 1.85 bits per heavy atom. The van der Waals surface area contributed by atoms with Crippen molar-refractivity contribution in [2.24, 2.45) is 0 Å². The van der Waals surface area contributed by atoms with Crippen LogP contribution in [0.4, 0.5) is 0 Å². The van der Waals surface area contributed by atoms with Gasteiger partial charge in [0.05, 0.1) is 11.3 Å². The Hall–Kier alpha value is -2.04. The van der Waals surface area contributed by atoms with Crippen LogP contribution in [0, 0.1) is 27.7 Å². The number of hydrogen-bond donors (Lipinski definition) is 1. The van der Waals surface area contributed by atoms with Gasteiger partial charge >= 0.3 is 5.97 Å². The highest BCUT2D eigenvalue weighted by Crippen LogP contribution is 2.16. The largest absolute Gasteiger partial charge is 0.478 e. The van der Waals surface area contributed by atoms with Crippen molar-refractivity contribution in [2.75, 3.05) is 0 Å². The van der Waals surface area contributed by atoms with E-state index in [0.29, 0.717) is 5.56 Å². The summed E-state index contributed by atoms with van der Waals surface area (Å²) in [7, 11) is 0. The molecular weight excluding hydrogens is 254 g/mol. The molecule has 0 aliphatic carbocycles. The van der Waals surface area contributed by atoms with Crippen LogP contribution in [0.5, 0.6) is 0 Å². The molecule has 0 saturated carbocycles. The molecule has 2 rings (SSSR count). The maximum Gasteiger partial charge on any atom is 0.337 e. The van der Waals surface area contributed by atoms with Gasteiger partial charge in [-0.3, -0.25) is 4.68 Å². The van der Waals surface area contributed by atoms with Gasteiger partial charge < -0.3 is 9.67 Å². The van der Waals surface area contributed by atoms with Gasteiger partial charge in [0.15, 0.2) is 0 Å². The van der Waals surface area contributed by atoms with Crippen molar-refractivity contribution < 1.29 is 9.90 Å². The minimum absolute atomic E-state index is 0.397. The lowest BCUT2D eigenvalue weighted by Gasteiger charge is -2.10. The van der Waals surface area contributed by atoms with Crippen molar-refractivity contribution in [3.05, 3.63) is 40.5 Å². The smallest absolute Gasteiger partial charge is 0.337 e. The van der Waals surface area contributed by atoms with E-state index in [9.17, 15) is 4.79 Å². The first-order chi connectivity index (χ1) is 9.40. The second-order valence-corrected chi connectivity index (χ2v) is 5.25. The number of aryl methyl sites for hydroxylation is 4. The van der Waals surface area contributed by atoms with Crippen LogP contribution in [-0.2, 0) is 13.1 Å². The van der Waals surface area contributed by atoms with Gasteiger partial charge in [-0.15, -0.1) is 0 Å². The zero-order valence-corrected chi connectivity index (χ0v) is 12.5. The molecule has 0 radical (unpaired) electrons. The lowest BCUT2D eigenvalue weighted by atomic mass is 10.2. The van der Waals surface area contributed by atoms with E-state index in [1.807, 2.05) is 25.5 Å². The molecule has 20 heavy (non-hydrogen) atoms. The van der Waals surface area contributed by atoms with Crippen LogP contribution in [0.3, 0.4) is 0 Å². The predicted octanol–water partition coefficient (Wildman–Crippen LogP) is 2.71. The van der Waals surface area contributed by atoms with Crippen LogP contribution in [0.2, 0.25) is 0 Å². The Morgan fingerprint density at radius 1 is 1.15 bits per heavy atom. The van der Waals surface area contributed by atoms with E-state index >= 15 is 0 Å². The monoisotopic (exact) mass is 275 g/mol. The standard InChI is InChI=1S/C15H21N3O2/c1-10-8-12(3)18(16-10)7-5-6-17-11(2)9-14(13(17)4)15(19)20/h8-9H,5-7H2,1-4H3,(H,19,20). The third-order valence-corrected chi connectivity index (χ3v) is 3.66. The zero-order valence-electron chi connectivity index (χ0n) is 12.5. The zero-order chi connectivity index (χ0) is 14.9. The molecule has 2 aromatic heterocycles. The molecule has 0 amide bonds. The molecule has 1 N–H and O–H groups in total. The molecule has 5 heteroatoms. The van der Waals surface area contributed by atoms with Crippen molar-refractivity contribution in [1.29, 1.82) is 0 Å². The van der Waals surface area contributed by atoms with E-state index in [0.717, 1.165) is 42.3 Å². The molecule has 0 saturated heterocycles. The molecule has 0 atom stereocenters. The fourth-order valence-corrected chi connectivity index (χ4v) is 2.64. The fourth-order valence-electron chi connectivity index (χ4n) is 2.64. The lowest BCUT2D eigenvalue weighted by Crippen LogP contribution is -2.09. The first kappa shape index (κ1) is 14.4. The number of carboxylic acids is 1. The summed E-state index contributed by atoms with van der Waals surface area (Å²) in [5.41, 5.74) is 4.41. The summed E-state index contributed by atoms with van der Waals surface area (Å²) < 4.78 is 4.07. The molecule has 0 unspecified atom stereocenters. The number of aromatic nitrogens is 3. The van der Waals surface area contributed by atoms with Gasteiger partial charge in [-0.2, -0.15) is 5.10 Å². The summed E-state index contributed by atoms with van der Waals surface area (Å²) in [6.45, 7) is 9.50. The van der Waals surface area contributed by atoms with Gasteiger partial charge in [0.1, 0.15) is 0 Å². The molecule has 108 valence electrons. The summed E-state index contributed by atoms with van der Waals surface area (Å²) in [5, 5.41) is 13.6. The first-order valence-corrected chi connectivity index (χ1v) is 6.81. The minimum Gasteiger partial charge on any atom is -0.478 e. The SMILES string of the molecule is Cc1cc(C)n(CCCn2c(C)cc(C(=O)O)c2C)n1. The molecule has 0 fully saturated rings. The first-order valence-electron chi connectivity index (χ1n) is 6.81. The number of carboxylic acid groups (broad SMARTS) is 1. The van der Waals surface area contributed by atoms with Crippen molar-refractivity contribution in [1.82, 2.24) is 14.3 Å². The average Bonchev–Trinajstić information content (AvgIpc) is 2.82. The summed E-state index contributed by atoms with van der Waals surface area (Å²) in [4.78, 5) is 11.1. The average molecular weight is 275 g/mol. The second-order valence-electron chi connectivity index (χ2n) is 5.25. The molecule has 0 aromatic carbocycles. The van der Waals surface area contributed by atoms with Crippen molar-refractivity contribution in [2.45, 2.75) is 47.2 Å². The quantitative estimate of drug-likeness (QED) is 0.912. The summed E-state index contributed by atoms with van der Waals surface area (Å²) in [6, 6.07) is 3.80. The van der Waals surface area contributed by atoms with Gasteiger partial charge in [-0.05, 0) is 46.2 Å². The Bertz CT molecular complexity index is 638. The fraction of sp³-hybridized carbons (Fsp3) is 0.467. The van der Waals surface area contributed by atoms with Crippen molar-refractivity contribution >= 4 is 5.97 Å². The number of nitrogens with zero attached hydrogens (tertiary/aromatic N) is 3. The summed E-state index contributed by atoms with van der Waals surface area (Å²) in [5.74, 6) is -0.858. The Morgan fingerprint density at radius 3 is 2.35 bits per heavy atom. The van der Waals surface area contributed by atoms with Crippen molar-refractivity contribution in [3.63, 3.8) is 0 Å². The van der Waals surface area contributed by atoms with Gasteiger partial charge in [0, 0.05) is 30.2 Å². The maximum absolute atomic E-state index is 11.1. The molecular formula is C15H21N3O2. The Balaban J connectivity index is 2.05. The third-order valence-electron chi connectivity index (χ3n) is 3.66. The molecule has 0 spiro atoms. The predicted molar refractivity (Wildman–Crippen MR) is 77.2 cm³/mol. The topological polar surface area (TPSA) is 60.0 Å². The highest BCUT2D eigenvalue weighted by Gasteiger charge is 2.14. The van der Waals surface area contributed by atoms with E-state index in [1.165, 1.54) is 0 Å². The molecule has 2 heterocycles. The minimum atomic E-state index is -0.858. The third kappa shape index (κ3) is 2.76. The van der Waals surface area contributed by atoms with Gasteiger partial charge in [-0.1, -0.05) is 0 Å². The van der Waals surface area contributed by atoms with Crippen LogP contribution in [0.15, 0.2) is 12.1 Å². The number of aromatic carboxylic acids is 1. The normalized spacial score (nSPS) is 11.0. The van der Waals surface area contributed by atoms with Gasteiger partial charge in [0.2, 0.25) is 0 Å². The molecule has 5 nitrogen and oxygen atoms in total. The molecule has 0 bridgehead atoms. The summed E-state index contributed by atoms with van der Waals surface area (Å²) >= 11 is 0. The van der Waals surface area contributed by atoms with Crippen molar-refractivity contribution in [3.8, 4) is 0 Å². The number of carbonyl (C=O) groups is 1. The van der Waals surface area contributed by atoms with Crippen LogP contribution >= 0.6 is 0 Å². The number of rotatable bonds is 5. The van der Waals surface area contributed by atoms with Crippen LogP contribution in [0.25, 0.3) is 0 Å². The van der Waals surface area contributed by atoms with Gasteiger partial charge in [0.25, 0.3) is 0 Å². The second kappa shape index (κ2) is 5.53. The van der Waals surface area contributed by atoms with Crippen LogP contribution in [-0.4, -0.2) is 25.4 Å². The maximum atomic E-state index is 11.1. The highest BCUT2D eigenvalue weighted by molar-refractivity contribution is 5.89. The molecule has 0 aliphatic heterocycles. The van der Waals surface area contributed by atoms with Crippen LogP contribution < -0.4 is 0 Å². The van der Waals surface area contributed by atoms with E-state index in [1.54, 1.807) is 6.07 Å². The highest BCUT2D eigenvalue weighted by atomic mass is 16.4. The van der Waals surface area contributed by atoms with Gasteiger partial charge in [-0.25, -0.2) is 4.79 Å². The van der Waals surface area contributed by atoms with E-state index in [2.05, 4.69) is 22.7 Å². The summed E-state index contributed by atoms with van der Waals surface area (Å²) in [6.07, 6.45) is 0.928. The van der Waals surface area contributed by atoms with E-state index in [-0.39, 0.29) is 0 Å². The molecule has 0 aliphatic rings. The lowest BCUT2D eigenvalue weighted by molar-refractivity contribution is 0.0696. The van der Waals surface area contributed by atoms with Crippen LogP contribution in [0.1, 0.15) is 39.6 Å². The molecule has 2 aromatic rings. The Kier molecular flexibility index (Phi) is 3.97. The van der Waals surface area contributed by atoms with E-state index < -0.39 is 5.97 Å². The Labute approximate surface area is 118 Å².